The molecule has 2 aromatic rings. The van der Waals surface area contributed by atoms with Crippen LogP contribution < -0.4 is 10.2 Å². The summed E-state index contributed by atoms with van der Waals surface area (Å²) in [5, 5.41) is 4.04. The molecule has 1 N–H and O–H groups in total. The van der Waals surface area contributed by atoms with Crippen molar-refractivity contribution in [3.05, 3.63) is 72.8 Å². The first-order valence-electron chi connectivity index (χ1n) is 7.08. The van der Waals surface area contributed by atoms with Gasteiger partial charge in [-0.2, -0.15) is 0 Å². The van der Waals surface area contributed by atoms with Gasteiger partial charge < -0.3 is 10.2 Å². The lowest BCUT2D eigenvalue weighted by Crippen LogP contribution is -2.35. The molecule has 0 heterocycles. The Kier molecular flexibility index (Phi) is 5.52. The summed E-state index contributed by atoms with van der Waals surface area (Å²) in [6.07, 6.45) is 2.82. The smallest absolute Gasteiger partial charge is 0.178 e. The average Bonchev–Trinajstić information content (AvgIpc) is 2.53. The maximum atomic E-state index is 5.58. The molecular formula is C18H20N2S. The van der Waals surface area contributed by atoms with Gasteiger partial charge in [-0.1, -0.05) is 49.4 Å². The SMILES string of the molecule is C=CCN(C(=S)Nc1ccccc1CC)c1ccccc1. The molecule has 0 radical (unpaired) electrons. The zero-order chi connectivity index (χ0) is 15.1. The van der Waals surface area contributed by atoms with Gasteiger partial charge in [-0.15, -0.1) is 6.58 Å². The number of para-hydroxylation sites is 2. The van der Waals surface area contributed by atoms with E-state index in [0.29, 0.717) is 11.7 Å². The van der Waals surface area contributed by atoms with E-state index >= 15 is 0 Å². The van der Waals surface area contributed by atoms with Crippen molar-refractivity contribution >= 4 is 28.7 Å². The summed E-state index contributed by atoms with van der Waals surface area (Å²) in [5.74, 6) is 0. The fraction of sp³-hybridized carbons (Fsp3) is 0.167. The molecule has 2 nitrogen and oxygen atoms in total. The summed E-state index contributed by atoms with van der Waals surface area (Å²) in [6, 6.07) is 18.3. The molecule has 0 aromatic heterocycles. The van der Waals surface area contributed by atoms with Gasteiger partial charge in [-0.25, -0.2) is 0 Å². The number of hydrogen-bond donors (Lipinski definition) is 1. The Morgan fingerprint density at radius 2 is 1.81 bits per heavy atom. The Bertz CT molecular complexity index is 608. The van der Waals surface area contributed by atoms with E-state index in [2.05, 4.69) is 31.0 Å². The summed E-state index contributed by atoms with van der Waals surface area (Å²) in [4.78, 5) is 2.04. The predicted molar refractivity (Wildman–Crippen MR) is 96.0 cm³/mol. The van der Waals surface area contributed by atoms with E-state index in [1.54, 1.807) is 0 Å². The molecule has 0 saturated heterocycles. The summed E-state index contributed by atoms with van der Waals surface area (Å²) >= 11 is 5.58. The predicted octanol–water partition coefficient (Wildman–Crippen LogP) is 4.64. The van der Waals surface area contributed by atoms with Crippen LogP contribution in [0.3, 0.4) is 0 Å². The van der Waals surface area contributed by atoms with Crippen LogP contribution in [0.4, 0.5) is 11.4 Å². The van der Waals surface area contributed by atoms with Crippen molar-refractivity contribution in [3.8, 4) is 0 Å². The minimum Gasteiger partial charge on any atom is -0.332 e. The largest absolute Gasteiger partial charge is 0.332 e. The fourth-order valence-corrected chi connectivity index (χ4v) is 2.47. The Hall–Kier alpha value is -2.13. The van der Waals surface area contributed by atoms with Crippen molar-refractivity contribution in [2.75, 3.05) is 16.8 Å². The van der Waals surface area contributed by atoms with Gasteiger partial charge in [0.1, 0.15) is 0 Å². The number of rotatable bonds is 5. The molecule has 0 unspecified atom stereocenters. The molecule has 0 bridgehead atoms. The minimum absolute atomic E-state index is 0.671. The summed E-state index contributed by atoms with van der Waals surface area (Å²) in [5.41, 5.74) is 3.38. The highest BCUT2D eigenvalue weighted by Gasteiger charge is 2.11. The molecule has 21 heavy (non-hydrogen) atoms. The Labute approximate surface area is 132 Å². The molecule has 0 aliphatic carbocycles. The molecule has 2 aromatic carbocycles. The number of hydrogen-bond acceptors (Lipinski definition) is 1. The van der Waals surface area contributed by atoms with Gasteiger partial charge in [-0.3, -0.25) is 0 Å². The van der Waals surface area contributed by atoms with Crippen molar-refractivity contribution in [2.45, 2.75) is 13.3 Å². The van der Waals surface area contributed by atoms with Crippen molar-refractivity contribution in [1.29, 1.82) is 0 Å². The molecule has 3 heteroatoms. The topological polar surface area (TPSA) is 15.3 Å². The number of aryl methyl sites for hydroxylation is 1. The molecule has 0 atom stereocenters. The van der Waals surface area contributed by atoms with Crippen LogP contribution in [-0.4, -0.2) is 11.7 Å². The van der Waals surface area contributed by atoms with Gasteiger partial charge in [0.25, 0.3) is 0 Å². The number of thiocarbonyl (C=S) groups is 1. The van der Waals surface area contributed by atoms with Gasteiger partial charge in [0.05, 0.1) is 0 Å². The van der Waals surface area contributed by atoms with E-state index < -0.39 is 0 Å². The Balaban J connectivity index is 2.21. The van der Waals surface area contributed by atoms with Crippen LogP contribution in [0.15, 0.2) is 67.3 Å². The molecule has 0 spiro atoms. The molecule has 108 valence electrons. The number of anilines is 2. The highest BCUT2D eigenvalue weighted by atomic mass is 32.1. The van der Waals surface area contributed by atoms with E-state index in [1.807, 2.05) is 53.4 Å². The van der Waals surface area contributed by atoms with Crippen molar-refractivity contribution in [3.63, 3.8) is 0 Å². The molecule has 0 saturated carbocycles. The summed E-state index contributed by atoms with van der Waals surface area (Å²) < 4.78 is 0. The third-order valence-corrected chi connectivity index (χ3v) is 3.59. The Morgan fingerprint density at radius 3 is 2.48 bits per heavy atom. The van der Waals surface area contributed by atoms with E-state index in [-0.39, 0.29) is 0 Å². The number of nitrogens with one attached hydrogen (secondary N) is 1. The first kappa shape index (κ1) is 15.3. The zero-order valence-electron chi connectivity index (χ0n) is 12.3. The molecule has 0 aliphatic heterocycles. The molecular weight excluding hydrogens is 276 g/mol. The highest BCUT2D eigenvalue weighted by molar-refractivity contribution is 7.80. The quantitative estimate of drug-likeness (QED) is 0.639. The van der Waals surface area contributed by atoms with E-state index in [0.717, 1.165) is 17.8 Å². The number of benzene rings is 2. The highest BCUT2D eigenvalue weighted by Crippen LogP contribution is 2.19. The number of nitrogens with zero attached hydrogens (tertiary/aromatic N) is 1. The van der Waals surface area contributed by atoms with Crippen LogP contribution in [0, 0.1) is 0 Å². The third-order valence-electron chi connectivity index (χ3n) is 3.26. The van der Waals surface area contributed by atoms with Gasteiger partial charge in [-0.05, 0) is 42.4 Å². The lowest BCUT2D eigenvalue weighted by atomic mass is 10.1. The second-order valence-electron chi connectivity index (χ2n) is 4.68. The summed E-state index contributed by atoms with van der Waals surface area (Å²) in [6.45, 7) is 6.63. The monoisotopic (exact) mass is 296 g/mol. The zero-order valence-corrected chi connectivity index (χ0v) is 13.1. The van der Waals surface area contributed by atoms with Crippen LogP contribution in [0.5, 0.6) is 0 Å². The van der Waals surface area contributed by atoms with Crippen molar-refractivity contribution in [2.24, 2.45) is 0 Å². The van der Waals surface area contributed by atoms with Crippen LogP contribution in [0.25, 0.3) is 0 Å². The van der Waals surface area contributed by atoms with Gasteiger partial charge >= 0.3 is 0 Å². The van der Waals surface area contributed by atoms with Crippen LogP contribution in [-0.2, 0) is 6.42 Å². The standard InChI is InChI=1S/C18H20N2S/c1-3-14-20(16-11-6-5-7-12-16)18(21)19-17-13-9-8-10-15(17)4-2/h3,5-13H,1,4,14H2,2H3,(H,19,21). The van der Waals surface area contributed by atoms with Gasteiger partial charge in [0.15, 0.2) is 5.11 Å². The van der Waals surface area contributed by atoms with E-state index in [1.165, 1.54) is 5.56 Å². The van der Waals surface area contributed by atoms with Crippen molar-refractivity contribution in [1.82, 2.24) is 0 Å². The van der Waals surface area contributed by atoms with Gasteiger partial charge in [0, 0.05) is 17.9 Å². The third kappa shape index (κ3) is 3.92. The Morgan fingerprint density at radius 1 is 1.14 bits per heavy atom. The average molecular weight is 296 g/mol. The summed E-state index contributed by atoms with van der Waals surface area (Å²) in [7, 11) is 0. The van der Waals surface area contributed by atoms with E-state index in [4.69, 9.17) is 12.2 Å². The lowest BCUT2D eigenvalue weighted by Gasteiger charge is -2.25. The van der Waals surface area contributed by atoms with Crippen LogP contribution in [0.2, 0.25) is 0 Å². The first-order chi connectivity index (χ1) is 10.3. The molecule has 0 aliphatic rings. The van der Waals surface area contributed by atoms with Crippen LogP contribution >= 0.6 is 12.2 Å². The molecule has 2 rings (SSSR count). The van der Waals surface area contributed by atoms with Crippen molar-refractivity contribution < 1.29 is 0 Å². The maximum Gasteiger partial charge on any atom is 0.178 e. The molecule has 0 amide bonds. The van der Waals surface area contributed by atoms with E-state index in [9.17, 15) is 0 Å². The lowest BCUT2D eigenvalue weighted by molar-refractivity contribution is 1.13. The normalized spacial score (nSPS) is 9.95. The minimum atomic E-state index is 0.671. The maximum absolute atomic E-state index is 5.58. The second kappa shape index (κ2) is 7.60. The fourth-order valence-electron chi connectivity index (χ4n) is 2.18. The van der Waals surface area contributed by atoms with Crippen LogP contribution in [0.1, 0.15) is 12.5 Å². The molecule has 0 fully saturated rings. The second-order valence-corrected chi connectivity index (χ2v) is 5.06. The van der Waals surface area contributed by atoms with Gasteiger partial charge in [0.2, 0.25) is 0 Å². The first-order valence-corrected chi connectivity index (χ1v) is 7.49.